The minimum Gasteiger partial charge on any atom is -0.493 e. The lowest BCUT2D eigenvalue weighted by Crippen LogP contribution is -2.37. The number of carbonyl (C=O) groups excluding carboxylic acids is 2. The number of aromatic nitrogens is 2. The Labute approximate surface area is 155 Å². The lowest BCUT2D eigenvalue weighted by molar-refractivity contribution is 0.0715. The zero-order chi connectivity index (χ0) is 18.8. The minimum atomic E-state index is -0.348. The normalized spacial score (nSPS) is 16.4. The Bertz CT molecular complexity index is 919. The summed E-state index contributed by atoms with van der Waals surface area (Å²) in [5.41, 5.74) is 1.57. The maximum absolute atomic E-state index is 12.9. The van der Waals surface area contributed by atoms with Gasteiger partial charge in [0.2, 0.25) is 0 Å². The van der Waals surface area contributed by atoms with E-state index in [1.54, 1.807) is 15.9 Å². The van der Waals surface area contributed by atoms with Gasteiger partial charge >= 0.3 is 0 Å². The second-order valence-electron chi connectivity index (χ2n) is 6.67. The SMILES string of the molecule is O=C(c1ccc2c(c1)CCO2)N1CCCN(C(=O)c2ccc(=O)[nH]n2)CC1. The summed E-state index contributed by atoms with van der Waals surface area (Å²) < 4.78 is 5.49. The number of benzene rings is 1. The van der Waals surface area contributed by atoms with Crippen molar-refractivity contribution in [3.05, 3.63) is 57.5 Å². The summed E-state index contributed by atoms with van der Waals surface area (Å²) >= 11 is 0. The van der Waals surface area contributed by atoms with E-state index >= 15 is 0 Å². The van der Waals surface area contributed by atoms with Crippen LogP contribution in [0.4, 0.5) is 0 Å². The van der Waals surface area contributed by atoms with Crippen LogP contribution in [-0.2, 0) is 6.42 Å². The Hall–Kier alpha value is -3.16. The molecule has 140 valence electrons. The fourth-order valence-corrected chi connectivity index (χ4v) is 3.45. The molecule has 0 spiro atoms. The molecule has 3 heterocycles. The molecule has 0 atom stereocenters. The van der Waals surface area contributed by atoms with Crippen molar-refractivity contribution in [2.45, 2.75) is 12.8 Å². The highest BCUT2D eigenvalue weighted by Gasteiger charge is 2.25. The monoisotopic (exact) mass is 368 g/mol. The molecule has 1 aromatic carbocycles. The highest BCUT2D eigenvalue weighted by atomic mass is 16.5. The molecule has 1 N–H and O–H groups in total. The molecule has 1 aromatic heterocycles. The van der Waals surface area contributed by atoms with E-state index in [2.05, 4.69) is 10.2 Å². The van der Waals surface area contributed by atoms with Gasteiger partial charge in [-0.3, -0.25) is 14.4 Å². The molecule has 27 heavy (non-hydrogen) atoms. The maximum atomic E-state index is 12.9. The number of nitrogens with one attached hydrogen (secondary N) is 1. The van der Waals surface area contributed by atoms with Crippen molar-refractivity contribution in [2.75, 3.05) is 32.8 Å². The van der Waals surface area contributed by atoms with Gasteiger partial charge in [0.25, 0.3) is 17.4 Å². The molecule has 0 radical (unpaired) electrons. The molecular formula is C19H20N4O4. The predicted octanol–water partition coefficient (Wildman–Crippen LogP) is 0.693. The molecule has 2 amide bonds. The summed E-state index contributed by atoms with van der Waals surface area (Å²) in [6.07, 6.45) is 1.51. The van der Waals surface area contributed by atoms with Crippen LogP contribution >= 0.6 is 0 Å². The molecule has 0 saturated carbocycles. The van der Waals surface area contributed by atoms with Crippen LogP contribution in [0, 0.1) is 0 Å². The Kier molecular flexibility index (Phi) is 4.62. The molecule has 0 aliphatic carbocycles. The molecule has 2 aliphatic rings. The number of amides is 2. The van der Waals surface area contributed by atoms with E-state index < -0.39 is 0 Å². The molecule has 0 bridgehead atoms. The quantitative estimate of drug-likeness (QED) is 0.842. The molecule has 0 unspecified atom stereocenters. The number of fused-ring (bicyclic) bond motifs is 1. The van der Waals surface area contributed by atoms with Gasteiger partial charge in [-0.1, -0.05) is 0 Å². The Morgan fingerprint density at radius 2 is 1.78 bits per heavy atom. The summed E-state index contributed by atoms with van der Waals surface area (Å²) in [6.45, 7) is 2.68. The number of nitrogens with zero attached hydrogens (tertiary/aromatic N) is 3. The second-order valence-corrected chi connectivity index (χ2v) is 6.67. The Morgan fingerprint density at radius 1 is 1.00 bits per heavy atom. The van der Waals surface area contributed by atoms with Gasteiger partial charge in [-0.15, -0.1) is 0 Å². The average Bonchev–Trinajstić information content (AvgIpc) is 3.02. The van der Waals surface area contributed by atoms with Crippen LogP contribution in [0.5, 0.6) is 5.75 Å². The Balaban J connectivity index is 1.43. The third-order valence-corrected chi connectivity index (χ3v) is 4.90. The summed E-state index contributed by atoms with van der Waals surface area (Å²) in [6, 6.07) is 8.26. The van der Waals surface area contributed by atoms with Gasteiger partial charge in [-0.2, -0.15) is 5.10 Å². The fraction of sp³-hybridized carbons (Fsp3) is 0.368. The van der Waals surface area contributed by atoms with E-state index in [4.69, 9.17) is 4.74 Å². The first-order valence-corrected chi connectivity index (χ1v) is 9.02. The lowest BCUT2D eigenvalue weighted by atomic mass is 10.1. The highest BCUT2D eigenvalue weighted by molar-refractivity contribution is 5.95. The molecule has 8 nitrogen and oxygen atoms in total. The molecule has 4 rings (SSSR count). The minimum absolute atomic E-state index is 0.0267. The van der Waals surface area contributed by atoms with E-state index in [1.165, 1.54) is 12.1 Å². The molecule has 8 heteroatoms. The maximum Gasteiger partial charge on any atom is 0.274 e. The van der Waals surface area contributed by atoms with Crippen LogP contribution in [0.15, 0.2) is 35.1 Å². The zero-order valence-electron chi connectivity index (χ0n) is 14.8. The molecule has 2 aliphatic heterocycles. The van der Waals surface area contributed by atoms with Crippen LogP contribution < -0.4 is 10.3 Å². The number of hydrogen-bond donors (Lipinski definition) is 1. The molecule has 2 aromatic rings. The van der Waals surface area contributed by atoms with Crippen molar-refractivity contribution in [1.29, 1.82) is 0 Å². The summed E-state index contributed by atoms with van der Waals surface area (Å²) in [5.74, 6) is 0.587. The number of hydrogen-bond acceptors (Lipinski definition) is 5. The highest BCUT2D eigenvalue weighted by Crippen LogP contribution is 2.26. The fourth-order valence-electron chi connectivity index (χ4n) is 3.45. The summed E-state index contributed by atoms with van der Waals surface area (Å²) in [5, 5.41) is 6.07. The van der Waals surface area contributed by atoms with Gasteiger partial charge in [-0.25, -0.2) is 5.10 Å². The van der Waals surface area contributed by atoms with Gasteiger partial charge in [0, 0.05) is 44.2 Å². The number of rotatable bonds is 2. The second kappa shape index (κ2) is 7.22. The molecule has 1 fully saturated rings. The largest absolute Gasteiger partial charge is 0.493 e. The summed E-state index contributed by atoms with van der Waals surface area (Å²) in [7, 11) is 0. The smallest absolute Gasteiger partial charge is 0.274 e. The number of aromatic amines is 1. The van der Waals surface area contributed by atoms with Crippen molar-refractivity contribution in [3.63, 3.8) is 0 Å². The third-order valence-electron chi connectivity index (χ3n) is 4.90. The number of ether oxygens (including phenoxy) is 1. The summed E-state index contributed by atoms with van der Waals surface area (Å²) in [4.78, 5) is 40.0. The first kappa shape index (κ1) is 17.3. The zero-order valence-corrected chi connectivity index (χ0v) is 14.8. The van der Waals surface area contributed by atoms with Crippen molar-refractivity contribution in [3.8, 4) is 5.75 Å². The first-order chi connectivity index (χ1) is 13.1. The number of carbonyl (C=O) groups is 2. The van der Waals surface area contributed by atoms with Crippen LogP contribution in [-0.4, -0.2) is 64.6 Å². The van der Waals surface area contributed by atoms with Crippen LogP contribution in [0.25, 0.3) is 0 Å². The lowest BCUT2D eigenvalue weighted by Gasteiger charge is -2.22. The van der Waals surface area contributed by atoms with Gasteiger partial charge in [-0.05, 0) is 36.2 Å². The van der Waals surface area contributed by atoms with Crippen molar-refractivity contribution in [1.82, 2.24) is 20.0 Å². The van der Waals surface area contributed by atoms with Crippen molar-refractivity contribution >= 4 is 11.8 Å². The standard InChI is InChI=1S/C19H20N4O4/c24-17-5-3-15(20-21-17)19(26)23-8-1-7-22(9-10-23)18(25)14-2-4-16-13(12-14)6-11-27-16/h2-5,12H,1,6-11H2,(H,21,24). The van der Waals surface area contributed by atoms with Crippen LogP contribution in [0.3, 0.4) is 0 Å². The van der Waals surface area contributed by atoms with E-state index in [9.17, 15) is 14.4 Å². The predicted molar refractivity (Wildman–Crippen MR) is 96.9 cm³/mol. The van der Waals surface area contributed by atoms with Crippen LogP contribution in [0.2, 0.25) is 0 Å². The topological polar surface area (TPSA) is 95.6 Å². The van der Waals surface area contributed by atoms with E-state index in [0.29, 0.717) is 44.8 Å². The van der Waals surface area contributed by atoms with Gasteiger partial charge in [0.15, 0.2) is 0 Å². The van der Waals surface area contributed by atoms with Crippen molar-refractivity contribution < 1.29 is 14.3 Å². The van der Waals surface area contributed by atoms with Gasteiger partial charge < -0.3 is 14.5 Å². The van der Waals surface area contributed by atoms with Crippen molar-refractivity contribution in [2.24, 2.45) is 0 Å². The van der Waals surface area contributed by atoms with E-state index in [-0.39, 0.29) is 23.1 Å². The van der Waals surface area contributed by atoms with Crippen LogP contribution in [0.1, 0.15) is 32.8 Å². The Morgan fingerprint density at radius 3 is 2.52 bits per heavy atom. The van der Waals surface area contributed by atoms with Gasteiger partial charge in [0.1, 0.15) is 11.4 Å². The number of H-pyrrole nitrogens is 1. The average molecular weight is 368 g/mol. The van der Waals surface area contributed by atoms with Gasteiger partial charge in [0.05, 0.1) is 6.61 Å². The van der Waals surface area contributed by atoms with E-state index in [0.717, 1.165) is 17.7 Å². The first-order valence-electron chi connectivity index (χ1n) is 9.02. The van der Waals surface area contributed by atoms with E-state index in [1.807, 2.05) is 12.1 Å². The molecule has 1 saturated heterocycles. The third kappa shape index (κ3) is 3.55. The molecular weight excluding hydrogens is 348 g/mol.